The topological polar surface area (TPSA) is 64.1 Å². The van der Waals surface area contributed by atoms with E-state index in [1.54, 1.807) is 19.2 Å². The van der Waals surface area contributed by atoms with E-state index >= 15 is 0 Å². The van der Waals surface area contributed by atoms with Crippen LogP contribution in [0.5, 0.6) is 5.75 Å². The molecular formula is C19H16FN3O2. The van der Waals surface area contributed by atoms with E-state index in [-0.39, 0.29) is 11.7 Å². The van der Waals surface area contributed by atoms with E-state index in [1.807, 2.05) is 24.3 Å². The van der Waals surface area contributed by atoms with Gasteiger partial charge in [0.05, 0.1) is 12.7 Å². The van der Waals surface area contributed by atoms with Crippen LogP contribution in [-0.2, 0) is 6.54 Å². The average molecular weight is 337 g/mol. The Kier molecular flexibility index (Phi) is 4.99. The first kappa shape index (κ1) is 16.6. The van der Waals surface area contributed by atoms with E-state index < -0.39 is 0 Å². The predicted octanol–water partition coefficient (Wildman–Crippen LogP) is 3.22. The number of halogens is 1. The van der Waals surface area contributed by atoms with Crippen molar-refractivity contribution in [3.63, 3.8) is 0 Å². The Morgan fingerprint density at radius 3 is 2.28 bits per heavy atom. The van der Waals surface area contributed by atoms with Gasteiger partial charge in [-0.2, -0.15) is 0 Å². The van der Waals surface area contributed by atoms with Gasteiger partial charge >= 0.3 is 0 Å². The Bertz CT molecular complexity index is 847. The van der Waals surface area contributed by atoms with E-state index in [0.29, 0.717) is 23.5 Å². The fourth-order valence-electron chi connectivity index (χ4n) is 2.22. The van der Waals surface area contributed by atoms with Crippen molar-refractivity contribution >= 4 is 5.91 Å². The number of carbonyl (C=O) groups is 1. The van der Waals surface area contributed by atoms with Crippen molar-refractivity contribution in [1.82, 2.24) is 15.3 Å². The molecule has 1 aromatic heterocycles. The van der Waals surface area contributed by atoms with Crippen LogP contribution >= 0.6 is 0 Å². The number of aromatic nitrogens is 2. The molecule has 1 N–H and O–H groups in total. The second-order valence-electron chi connectivity index (χ2n) is 5.33. The maximum Gasteiger partial charge on any atom is 0.254 e. The Labute approximate surface area is 144 Å². The van der Waals surface area contributed by atoms with Gasteiger partial charge in [-0.25, -0.2) is 14.4 Å². The monoisotopic (exact) mass is 337 g/mol. The van der Waals surface area contributed by atoms with Gasteiger partial charge < -0.3 is 10.1 Å². The first-order valence-corrected chi connectivity index (χ1v) is 7.65. The maximum atomic E-state index is 12.9. The lowest BCUT2D eigenvalue weighted by molar-refractivity contribution is 0.0950. The Balaban J connectivity index is 1.63. The summed E-state index contributed by atoms with van der Waals surface area (Å²) in [6.45, 7) is 0.391. The summed E-state index contributed by atoms with van der Waals surface area (Å²) in [5.74, 6) is 0.617. The number of rotatable bonds is 5. The zero-order chi connectivity index (χ0) is 17.6. The highest BCUT2D eigenvalue weighted by atomic mass is 19.1. The van der Waals surface area contributed by atoms with Crippen LogP contribution in [0.15, 0.2) is 60.9 Å². The van der Waals surface area contributed by atoms with Gasteiger partial charge in [-0.1, -0.05) is 12.1 Å². The number of ether oxygens (including phenoxy) is 1. The van der Waals surface area contributed by atoms with Crippen molar-refractivity contribution < 1.29 is 13.9 Å². The molecule has 3 rings (SSSR count). The van der Waals surface area contributed by atoms with Gasteiger partial charge in [-0.3, -0.25) is 4.79 Å². The Morgan fingerprint density at radius 1 is 1.04 bits per heavy atom. The molecule has 25 heavy (non-hydrogen) atoms. The number of methoxy groups -OCH3 is 1. The molecule has 6 heteroatoms. The lowest BCUT2D eigenvalue weighted by Crippen LogP contribution is -2.23. The van der Waals surface area contributed by atoms with E-state index in [2.05, 4.69) is 15.3 Å². The van der Waals surface area contributed by atoms with Crippen LogP contribution in [0.3, 0.4) is 0 Å². The average Bonchev–Trinajstić information content (AvgIpc) is 2.67. The minimum absolute atomic E-state index is 0.263. The summed E-state index contributed by atoms with van der Waals surface area (Å²) in [6.07, 6.45) is 2.91. The minimum atomic E-state index is -0.321. The van der Waals surface area contributed by atoms with Crippen LogP contribution in [0.4, 0.5) is 4.39 Å². The molecule has 0 aliphatic rings. The van der Waals surface area contributed by atoms with Crippen LogP contribution in [0.25, 0.3) is 11.4 Å². The van der Waals surface area contributed by atoms with Crippen LogP contribution in [0.1, 0.15) is 15.9 Å². The number of amides is 1. The van der Waals surface area contributed by atoms with Crippen molar-refractivity contribution in [3.05, 3.63) is 77.9 Å². The summed E-state index contributed by atoms with van der Waals surface area (Å²) in [6, 6.07) is 13.3. The fourth-order valence-corrected chi connectivity index (χ4v) is 2.22. The zero-order valence-corrected chi connectivity index (χ0v) is 13.6. The Hall–Kier alpha value is -3.28. The van der Waals surface area contributed by atoms with Gasteiger partial charge in [-0.15, -0.1) is 0 Å². The maximum absolute atomic E-state index is 12.9. The highest BCUT2D eigenvalue weighted by Gasteiger charge is 2.08. The second kappa shape index (κ2) is 7.53. The summed E-state index contributed by atoms with van der Waals surface area (Å²) in [5.41, 5.74) is 2.00. The molecule has 0 radical (unpaired) electrons. The van der Waals surface area contributed by atoms with Crippen LogP contribution in [-0.4, -0.2) is 23.0 Å². The molecule has 126 valence electrons. The van der Waals surface area contributed by atoms with Gasteiger partial charge in [-0.05, 0) is 42.0 Å². The molecule has 0 atom stereocenters. The molecule has 0 aliphatic heterocycles. The third kappa shape index (κ3) is 4.17. The highest BCUT2D eigenvalue weighted by molar-refractivity contribution is 5.93. The Morgan fingerprint density at radius 2 is 1.68 bits per heavy atom. The number of carbonyl (C=O) groups excluding carboxylic acids is 1. The first-order chi connectivity index (χ1) is 12.2. The lowest BCUT2D eigenvalue weighted by atomic mass is 10.2. The smallest absolute Gasteiger partial charge is 0.254 e. The molecule has 2 aromatic carbocycles. The molecule has 0 unspecified atom stereocenters. The number of hydrogen-bond acceptors (Lipinski definition) is 4. The fraction of sp³-hybridized carbons (Fsp3) is 0.105. The standard InChI is InChI=1S/C19H16FN3O2/c1-25-17-8-2-13(3-9-17)10-23-19(24)15-11-21-18(22-12-15)14-4-6-16(20)7-5-14/h2-9,11-12H,10H2,1H3,(H,23,24). The molecule has 5 nitrogen and oxygen atoms in total. The molecular weight excluding hydrogens is 321 g/mol. The zero-order valence-electron chi connectivity index (χ0n) is 13.6. The van der Waals surface area contributed by atoms with Crippen molar-refractivity contribution in [2.45, 2.75) is 6.54 Å². The summed E-state index contributed by atoms with van der Waals surface area (Å²) in [4.78, 5) is 20.5. The highest BCUT2D eigenvalue weighted by Crippen LogP contribution is 2.15. The van der Waals surface area contributed by atoms with Gasteiger partial charge in [0.25, 0.3) is 5.91 Å². The van der Waals surface area contributed by atoms with Crippen molar-refractivity contribution in [1.29, 1.82) is 0 Å². The summed E-state index contributed by atoms with van der Waals surface area (Å²) >= 11 is 0. The molecule has 3 aromatic rings. The number of hydrogen-bond donors (Lipinski definition) is 1. The molecule has 0 saturated heterocycles. The SMILES string of the molecule is COc1ccc(CNC(=O)c2cnc(-c3ccc(F)cc3)nc2)cc1. The number of nitrogens with one attached hydrogen (secondary N) is 1. The number of benzene rings is 2. The van der Waals surface area contributed by atoms with Gasteiger partial charge in [0.1, 0.15) is 11.6 Å². The lowest BCUT2D eigenvalue weighted by Gasteiger charge is -2.07. The van der Waals surface area contributed by atoms with Crippen molar-refractivity contribution in [2.75, 3.05) is 7.11 Å². The van der Waals surface area contributed by atoms with E-state index in [4.69, 9.17) is 4.74 Å². The summed E-state index contributed by atoms with van der Waals surface area (Å²) in [5, 5.41) is 2.81. The first-order valence-electron chi connectivity index (χ1n) is 7.65. The molecule has 0 fully saturated rings. The molecule has 1 amide bonds. The van der Waals surface area contributed by atoms with Crippen LogP contribution < -0.4 is 10.1 Å². The van der Waals surface area contributed by atoms with Crippen LogP contribution in [0.2, 0.25) is 0 Å². The largest absolute Gasteiger partial charge is 0.497 e. The quantitative estimate of drug-likeness (QED) is 0.776. The van der Waals surface area contributed by atoms with Gasteiger partial charge in [0, 0.05) is 24.5 Å². The molecule has 1 heterocycles. The van der Waals surface area contributed by atoms with E-state index in [9.17, 15) is 9.18 Å². The normalized spacial score (nSPS) is 10.3. The third-order valence-corrected chi connectivity index (χ3v) is 3.63. The molecule has 0 bridgehead atoms. The number of nitrogens with zero attached hydrogens (tertiary/aromatic N) is 2. The molecule has 0 spiro atoms. The molecule has 0 saturated carbocycles. The van der Waals surface area contributed by atoms with E-state index in [0.717, 1.165) is 11.3 Å². The summed E-state index contributed by atoms with van der Waals surface area (Å²) in [7, 11) is 1.60. The van der Waals surface area contributed by atoms with Gasteiger partial charge in [0.15, 0.2) is 5.82 Å². The van der Waals surface area contributed by atoms with Crippen molar-refractivity contribution in [2.24, 2.45) is 0 Å². The third-order valence-electron chi connectivity index (χ3n) is 3.63. The van der Waals surface area contributed by atoms with Crippen molar-refractivity contribution in [3.8, 4) is 17.1 Å². The summed E-state index contributed by atoms with van der Waals surface area (Å²) < 4.78 is 18.0. The van der Waals surface area contributed by atoms with Crippen LogP contribution in [0, 0.1) is 5.82 Å². The minimum Gasteiger partial charge on any atom is -0.497 e. The van der Waals surface area contributed by atoms with E-state index in [1.165, 1.54) is 24.5 Å². The predicted molar refractivity (Wildman–Crippen MR) is 91.6 cm³/mol. The molecule has 0 aliphatic carbocycles. The second-order valence-corrected chi connectivity index (χ2v) is 5.33. The van der Waals surface area contributed by atoms with Gasteiger partial charge in [0.2, 0.25) is 0 Å².